The molecule has 1 aliphatic rings. The van der Waals surface area contributed by atoms with Crippen LogP contribution in [-0.4, -0.2) is 63.8 Å². The maximum atomic E-state index is 12.6. The summed E-state index contributed by atoms with van der Waals surface area (Å²) in [6, 6.07) is 4.46. The first-order valence-electron chi connectivity index (χ1n) is 7.45. The number of nitrogens with one attached hydrogen (secondary N) is 2. The molecule has 1 aliphatic heterocycles. The van der Waals surface area contributed by atoms with Gasteiger partial charge in [-0.25, -0.2) is 0 Å². The number of hydrogen-bond donors (Lipinski definition) is 2. The second kappa shape index (κ2) is 8.64. The molecule has 1 heterocycles. The molecule has 2 rings (SSSR count). The fourth-order valence-electron chi connectivity index (χ4n) is 2.42. The van der Waals surface area contributed by atoms with Gasteiger partial charge >= 0.3 is 6.61 Å². The van der Waals surface area contributed by atoms with E-state index in [1.807, 2.05) is 0 Å². The van der Waals surface area contributed by atoms with Crippen molar-refractivity contribution in [3.8, 4) is 11.5 Å². The van der Waals surface area contributed by atoms with E-state index in [1.54, 1.807) is 6.07 Å². The average Bonchev–Trinajstić information content (AvgIpc) is 2.55. The van der Waals surface area contributed by atoms with Crippen LogP contribution in [-0.2, 0) is 0 Å². The average molecular weight is 329 g/mol. The molecule has 0 bridgehead atoms. The largest absolute Gasteiger partial charge is 0.493 e. The van der Waals surface area contributed by atoms with Gasteiger partial charge in [0.25, 0.3) is 5.91 Å². The standard InChI is InChI=1S/C15H21F2N3O3/c1-22-12-4-2-3-11(13(12)23-15(16)17)14(21)19-7-10-20-8-5-18-6-9-20/h2-4,15,18H,5-10H2,1H3,(H,19,21). The zero-order valence-electron chi connectivity index (χ0n) is 13.0. The van der Waals surface area contributed by atoms with Crippen LogP contribution in [0.5, 0.6) is 11.5 Å². The van der Waals surface area contributed by atoms with Gasteiger partial charge in [0.05, 0.1) is 12.7 Å². The van der Waals surface area contributed by atoms with E-state index in [-0.39, 0.29) is 17.1 Å². The van der Waals surface area contributed by atoms with Crippen LogP contribution in [0.4, 0.5) is 8.78 Å². The number of hydrogen-bond acceptors (Lipinski definition) is 5. The topological polar surface area (TPSA) is 62.8 Å². The van der Waals surface area contributed by atoms with Gasteiger partial charge in [0.2, 0.25) is 0 Å². The SMILES string of the molecule is COc1cccc(C(=O)NCCN2CCNCC2)c1OC(F)F. The van der Waals surface area contributed by atoms with E-state index in [9.17, 15) is 13.6 Å². The van der Waals surface area contributed by atoms with Gasteiger partial charge in [-0.3, -0.25) is 9.69 Å². The van der Waals surface area contributed by atoms with Gasteiger partial charge in [-0.2, -0.15) is 8.78 Å². The molecule has 1 aromatic carbocycles. The number of piperazine rings is 1. The fraction of sp³-hybridized carbons (Fsp3) is 0.533. The Bertz CT molecular complexity index is 523. The number of ether oxygens (including phenoxy) is 2. The van der Waals surface area contributed by atoms with Crippen LogP contribution in [0.3, 0.4) is 0 Å². The Morgan fingerprint density at radius 3 is 2.78 bits per heavy atom. The maximum absolute atomic E-state index is 12.6. The lowest BCUT2D eigenvalue weighted by atomic mass is 10.1. The lowest BCUT2D eigenvalue weighted by molar-refractivity contribution is -0.0515. The maximum Gasteiger partial charge on any atom is 0.387 e. The number of alkyl halides is 2. The second-order valence-corrected chi connectivity index (χ2v) is 5.06. The van der Waals surface area contributed by atoms with Crippen molar-refractivity contribution in [1.82, 2.24) is 15.5 Å². The summed E-state index contributed by atoms with van der Waals surface area (Å²) >= 11 is 0. The monoisotopic (exact) mass is 329 g/mol. The summed E-state index contributed by atoms with van der Waals surface area (Å²) in [6.45, 7) is 1.82. The zero-order chi connectivity index (χ0) is 16.7. The summed E-state index contributed by atoms with van der Waals surface area (Å²) in [5.74, 6) is -0.612. The summed E-state index contributed by atoms with van der Waals surface area (Å²) in [7, 11) is 1.33. The summed E-state index contributed by atoms with van der Waals surface area (Å²) in [4.78, 5) is 14.5. The molecule has 0 aliphatic carbocycles. The van der Waals surface area contributed by atoms with Crippen LogP contribution in [0.25, 0.3) is 0 Å². The lowest BCUT2D eigenvalue weighted by Gasteiger charge is -2.27. The third-order valence-electron chi connectivity index (χ3n) is 3.57. The fourth-order valence-corrected chi connectivity index (χ4v) is 2.42. The van der Waals surface area contributed by atoms with Crippen LogP contribution in [0.15, 0.2) is 18.2 Å². The van der Waals surface area contributed by atoms with Gasteiger partial charge in [0.1, 0.15) is 0 Å². The summed E-state index contributed by atoms with van der Waals surface area (Å²) in [6.07, 6.45) is 0. The van der Waals surface area contributed by atoms with E-state index < -0.39 is 12.5 Å². The first kappa shape index (κ1) is 17.4. The number of benzene rings is 1. The van der Waals surface area contributed by atoms with E-state index >= 15 is 0 Å². The predicted molar refractivity (Wildman–Crippen MR) is 81.3 cm³/mol. The lowest BCUT2D eigenvalue weighted by Crippen LogP contribution is -2.46. The number of para-hydroxylation sites is 1. The Balaban J connectivity index is 1.97. The molecule has 1 aromatic rings. The third-order valence-corrected chi connectivity index (χ3v) is 3.57. The highest BCUT2D eigenvalue weighted by Crippen LogP contribution is 2.32. The van der Waals surface area contributed by atoms with Crippen LogP contribution >= 0.6 is 0 Å². The molecule has 128 valence electrons. The van der Waals surface area contributed by atoms with Gasteiger partial charge in [0, 0.05) is 39.3 Å². The smallest absolute Gasteiger partial charge is 0.387 e. The Morgan fingerprint density at radius 1 is 1.39 bits per heavy atom. The minimum atomic E-state index is -3.03. The van der Waals surface area contributed by atoms with Crippen molar-refractivity contribution in [1.29, 1.82) is 0 Å². The molecule has 0 radical (unpaired) electrons. The van der Waals surface area contributed by atoms with Crippen molar-refractivity contribution in [3.63, 3.8) is 0 Å². The minimum absolute atomic E-state index is 0.0324. The molecule has 0 spiro atoms. The molecule has 0 unspecified atom stereocenters. The number of rotatable bonds is 7. The molecule has 23 heavy (non-hydrogen) atoms. The summed E-state index contributed by atoms with van der Waals surface area (Å²) in [5.41, 5.74) is 0.0324. The van der Waals surface area contributed by atoms with Crippen LogP contribution in [0.2, 0.25) is 0 Å². The van der Waals surface area contributed by atoms with Gasteiger partial charge in [0.15, 0.2) is 11.5 Å². The molecule has 1 saturated heterocycles. The first-order chi connectivity index (χ1) is 11.1. The van der Waals surface area contributed by atoms with Crippen molar-refractivity contribution in [2.24, 2.45) is 0 Å². The molecule has 1 amide bonds. The molecule has 6 nitrogen and oxygen atoms in total. The summed E-state index contributed by atoms with van der Waals surface area (Å²) in [5, 5.41) is 5.98. The molecule has 2 N–H and O–H groups in total. The second-order valence-electron chi connectivity index (χ2n) is 5.06. The van der Waals surface area contributed by atoms with Crippen molar-refractivity contribution < 1.29 is 23.0 Å². The van der Waals surface area contributed by atoms with Crippen LogP contribution in [0, 0.1) is 0 Å². The normalized spacial score (nSPS) is 15.5. The molecular weight excluding hydrogens is 308 g/mol. The Labute approximate surface area is 133 Å². The van der Waals surface area contributed by atoms with Crippen molar-refractivity contribution in [2.75, 3.05) is 46.4 Å². The molecule has 0 aromatic heterocycles. The predicted octanol–water partition coefficient (Wildman–Crippen LogP) is 0.932. The number of carbonyl (C=O) groups excluding carboxylic acids is 1. The zero-order valence-corrected chi connectivity index (χ0v) is 13.0. The number of nitrogens with zero attached hydrogens (tertiary/aromatic N) is 1. The van der Waals surface area contributed by atoms with E-state index in [0.29, 0.717) is 13.1 Å². The summed E-state index contributed by atoms with van der Waals surface area (Å²) < 4.78 is 34.5. The molecule has 1 fully saturated rings. The highest BCUT2D eigenvalue weighted by Gasteiger charge is 2.20. The van der Waals surface area contributed by atoms with Crippen LogP contribution < -0.4 is 20.1 Å². The molecular formula is C15H21F2N3O3. The van der Waals surface area contributed by atoms with E-state index in [0.717, 1.165) is 26.2 Å². The number of amides is 1. The van der Waals surface area contributed by atoms with Gasteiger partial charge in [-0.05, 0) is 12.1 Å². The van der Waals surface area contributed by atoms with Crippen molar-refractivity contribution in [2.45, 2.75) is 6.61 Å². The van der Waals surface area contributed by atoms with Crippen molar-refractivity contribution in [3.05, 3.63) is 23.8 Å². The molecule has 0 saturated carbocycles. The number of carbonyl (C=O) groups is 1. The highest BCUT2D eigenvalue weighted by molar-refractivity contribution is 5.97. The minimum Gasteiger partial charge on any atom is -0.493 e. The number of halogens is 2. The van der Waals surface area contributed by atoms with Gasteiger partial charge in [-0.1, -0.05) is 6.07 Å². The van der Waals surface area contributed by atoms with Crippen LogP contribution in [0.1, 0.15) is 10.4 Å². The van der Waals surface area contributed by atoms with Gasteiger partial charge in [-0.15, -0.1) is 0 Å². The third kappa shape index (κ3) is 5.04. The van der Waals surface area contributed by atoms with Gasteiger partial charge < -0.3 is 20.1 Å². The Hall–Kier alpha value is -1.93. The quantitative estimate of drug-likeness (QED) is 0.779. The van der Waals surface area contributed by atoms with E-state index in [4.69, 9.17) is 4.74 Å². The molecule has 8 heteroatoms. The van der Waals surface area contributed by atoms with E-state index in [2.05, 4.69) is 20.3 Å². The van der Waals surface area contributed by atoms with E-state index in [1.165, 1.54) is 19.2 Å². The number of methoxy groups -OCH3 is 1. The first-order valence-corrected chi connectivity index (χ1v) is 7.45. The highest BCUT2D eigenvalue weighted by atomic mass is 19.3. The Kier molecular flexibility index (Phi) is 6.54. The Morgan fingerprint density at radius 2 is 2.13 bits per heavy atom. The van der Waals surface area contributed by atoms with Crippen molar-refractivity contribution >= 4 is 5.91 Å². The molecule has 0 atom stereocenters.